The van der Waals surface area contributed by atoms with Gasteiger partial charge in [0.1, 0.15) is 5.60 Å². The van der Waals surface area contributed by atoms with Crippen molar-refractivity contribution in [1.82, 2.24) is 10.2 Å². The summed E-state index contributed by atoms with van der Waals surface area (Å²) in [5, 5.41) is 3.65. The molecule has 0 bridgehead atoms. The van der Waals surface area contributed by atoms with Gasteiger partial charge >= 0.3 is 6.09 Å². The highest BCUT2D eigenvalue weighted by Crippen LogP contribution is 2.30. The van der Waals surface area contributed by atoms with Crippen LogP contribution in [0.25, 0.3) is 0 Å². The molecule has 4 nitrogen and oxygen atoms in total. The molecule has 0 aromatic rings. The molecule has 1 N–H and O–H groups in total. The van der Waals surface area contributed by atoms with Gasteiger partial charge < -0.3 is 15.0 Å². The van der Waals surface area contributed by atoms with Crippen molar-refractivity contribution in [3.63, 3.8) is 0 Å². The molecule has 0 saturated carbocycles. The van der Waals surface area contributed by atoms with E-state index in [1.54, 1.807) is 0 Å². The van der Waals surface area contributed by atoms with Gasteiger partial charge in [-0.25, -0.2) is 4.79 Å². The number of hydrogen-bond acceptors (Lipinski definition) is 3. The first-order chi connectivity index (χ1) is 10.2. The molecule has 1 amide bonds. The lowest BCUT2D eigenvalue weighted by atomic mass is 9.80. The quantitative estimate of drug-likeness (QED) is 0.804. The van der Waals surface area contributed by atoms with E-state index < -0.39 is 5.60 Å². The Morgan fingerprint density at radius 3 is 2.23 bits per heavy atom. The molecule has 4 heteroatoms. The standard InChI is InChI=1S/C18H36N2O2/c1-7-15(8-2)13-19-14-18(6)9-11-20(12-10-18)16(21)22-17(3,4)5/h15,19H,7-14H2,1-6H3. The van der Waals surface area contributed by atoms with Gasteiger partial charge in [-0.15, -0.1) is 0 Å². The fraction of sp³-hybridized carbons (Fsp3) is 0.944. The topological polar surface area (TPSA) is 41.6 Å². The van der Waals surface area contributed by atoms with Crippen LogP contribution in [0.1, 0.15) is 67.2 Å². The summed E-state index contributed by atoms with van der Waals surface area (Å²) in [6.07, 6.45) is 4.41. The molecule has 0 aromatic carbocycles. The fourth-order valence-corrected chi connectivity index (χ4v) is 2.89. The summed E-state index contributed by atoms with van der Waals surface area (Å²) in [6, 6.07) is 0. The predicted octanol–water partition coefficient (Wildman–Crippen LogP) is 4.05. The first kappa shape index (κ1) is 19.3. The largest absolute Gasteiger partial charge is 0.444 e. The number of likely N-dealkylation sites (tertiary alicyclic amines) is 1. The van der Waals surface area contributed by atoms with E-state index in [-0.39, 0.29) is 6.09 Å². The van der Waals surface area contributed by atoms with Crippen molar-refractivity contribution in [1.29, 1.82) is 0 Å². The summed E-state index contributed by atoms with van der Waals surface area (Å²) < 4.78 is 5.46. The summed E-state index contributed by atoms with van der Waals surface area (Å²) in [5.74, 6) is 0.783. The second kappa shape index (κ2) is 8.19. The van der Waals surface area contributed by atoms with E-state index in [4.69, 9.17) is 4.74 Å². The molecule has 130 valence electrons. The number of nitrogens with one attached hydrogen (secondary N) is 1. The Morgan fingerprint density at radius 1 is 1.23 bits per heavy atom. The van der Waals surface area contributed by atoms with Crippen LogP contribution in [0, 0.1) is 11.3 Å². The predicted molar refractivity (Wildman–Crippen MR) is 92.1 cm³/mol. The van der Waals surface area contributed by atoms with Crippen molar-refractivity contribution in [2.45, 2.75) is 72.8 Å². The molecule has 0 aromatic heterocycles. The lowest BCUT2D eigenvalue weighted by Crippen LogP contribution is -2.47. The van der Waals surface area contributed by atoms with Crippen molar-refractivity contribution < 1.29 is 9.53 Å². The Bertz CT molecular complexity index is 337. The minimum absolute atomic E-state index is 0.167. The van der Waals surface area contributed by atoms with Crippen LogP contribution in [0.2, 0.25) is 0 Å². The zero-order valence-electron chi connectivity index (χ0n) is 15.5. The first-order valence-corrected chi connectivity index (χ1v) is 8.88. The van der Waals surface area contributed by atoms with E-state index in [0.29, 0.717) is 5.41 Å². The van der Waals surface area contributed by atoms with Gasteiger partial charge in [-0.1, -0.05) is 33.6 Å². The Hall–Kier alpha value is -0.770. The average molecular weight is 312 g/mol. The Balaban J connectivity index is 2.35. The van der Waals surface area contributed by atoms with Crippen LogP contribution in [0.4, 0.5) is 4.79 Å². The monoisotopic (exact) mass is 312 g/mol. The number of carbonyl (C=O) groups excluding carboxylic acids is 1. The molecule has 0 atom stereocenters. The van der Waals surface area contributed by atoms with Crippen molar-refractivity contribution in [2.75, 3.05) is 26.2 Å². The maximum Gasteiger partial charge on any atom is 0.410 e. The van der Waals surface area contributed by atoms with Gasteiger partial charge in [-0.2, -0.15) is 0 Å². The molecule has 22 heavy (non-hydrogen) atoms. The molecule has 1 fully saturated rings. The number of piperidine rings is 1. The third kappa shape index (κ3) is 6.55. The van der Waals surface area contributed by atoms with E-state index >= 15 is 0 Å². The number of rotatable bonds is 6. The number of nitrogens with zero attached hydrogens (tertiary/aromatic N) is 1. The maximum atomic E-state index is 12.1. The lowest BCUT2D eigenvalue weighted by molar-refractivity contribution is 0.0119. The molecule has 0 radical (unpaired) electrons. The lowest BCUT2D eigenvalue weighted by Gasteiger charge is -2.40. The molecule has 0 unspecified atom stereocenters. The molecule has 1 aliphatic rings. The third-order valence-corrected chi connectivity index (χ3v) is 4.76. The van der Waals surface area contributed by atoms with Crippen LogP contribution in [0.3, 0.4) is 0 Å². The molecule has 1 saturated heterocycles. The van der Waals surface area contributed by atoms with Crippen LogP contribution < -0.4 is 5.32 Å². The number of amides is 1. The molecule has 0 aliphatic carbocycles. The number of ether oxygens (including phenoxy) is 1. The van der Waals surface area contributed by atoms with Gasteiger partial charge in [-0.3, -0.25) is 0 Å². The van der Waals surface area contributed by atoms with Gasteiger partial charge in [0.05, 0.1) is 0 Å². The average Bonchev–Trinajstić information content (AvgIpc) is 2.42. The van der Waals surface area contributed by atoms with Crippen LogP contribution in [-0.2, 0) is 4.74 Å². The Labute approximate surface area is 137 Å². The van der Waals surface area contributed by atoms with Gasteiger partial charge in [0, 0.05) is 19.6 Å². The van der Waals surface area contributed by atoms with Crippen LogP contribution in [0.5, 0.6) is 0 Å². The van der Waals surface area contributed by atoms with Gasteiger partial charge in [0.15, 0.2) is 0 Å². The molecule has 1 heterocycles. The minimum atomic E-state index is -0.408. The fourth-order valence-electron chi connectivity index (χ4n) is 2.89. The number of hydrogen-bond donors (Lipinski definition) is 1. The zero-order chi connectivity index (χ0) is 16.8. The highest BCUT2D eigenvalue weighted by molar-refractivity contribution is 5.68. The molecular weight excluding hydrogens is 276 g/mol. The molecular formula is C18H36N2O2. The summed E-state index contributed by atoms with van der Waals surface area (Å²) in [6.45, 7) is 16.4. The highest BCUT2D eigenvalue weighted by Gasteiger charge is 2.33. The van der Waals surface area contributed by atoms with Gasteiger partial charge in [-0.05, 0) is 51.5 Å². The van der Waals surface area contributed by atoms with Gasteiger partial charge in [0.25, 0.3) is 0 Å². The second-order valence-electron chi connectivity index (χ2n) is 8.09. The van der Waals surface area contributed by atoms with E-state index in [9.17, 15) is 4.79 Å². The molecule has 1 aliphatic heterocycles. The van der Waals surface area contributed by atoms with E-state index in [2.05, 4.69) is 26.1 Å². The second-order valence-corrected chi connectivity index (χ2v) is 8.09. The van der Waals surface area contributed by atoms with Crippen LogP contribution >= 0.6 is 0 Å². The Morgan fingerprint density at radius 2 is 1.77 bits per heavy atom. The van der Waals surface area contributed by atoms with Gasteiger partial charge in [0.2, 0.25) is 0 Å². The summed E-state index contributed by atoms with van der Waals surface area (Å²) in [7, 11) is 0. The molecule has 1 rings (SSSR count). The summed E-state index contributed by atoms with van der Waals surface area (Å²) in [4.78, 5) is 13.9. The summed E-state index contributed by atoms with van der Waals surface area (Å²) in [5.41, 5.74) is -0.112. The van der Waals surface area contributed by atoms with E-state index in [1.165, 1.54) is 12.8 Å². The minimum Gasteiger partial charge on any atom is -0.444 e. The summed E-state index contributed by atoms with van der Waals surface area (Å²) >= 11 is 0. The smallest absolute Gasteiger partial charge is 0.410 e. The normalized spacial score (nSPS) is 18.6. The van der Waals surface area contributed by atoms with Crippen molar-refractivity contribution in [3.8, 4) is 0 Å². The highest BCUT2D eigenvalue weighted by atomic mass is 16.6. The number of carbonyl (C=O) groups is 1. The molecule has 0 spiro atoms. The maximum absolute atomic E-state index is 12.1. The first-order valence-electron chi connectivity index (χ1n) is 8.88. The third-order valence-electron chi connectivity index (χ3n) is 4.76. The van der Waals surface area contributed by atoms with Crippen molar-refractivity contribution in [2.24, 2.45) is 11.3 Å². The zero-order valence-corrected chi connectivity index (χ0v) is 15.5. The van der Waals surface area contributed by atoms with E-state index in [1.807, 2.05) is 25.7 Å². The van der Waals surface area contributed by atoms with E-state index in [0.717, 1.165) is 44.9 Å². The Kier molecular flexibility index (Phi) is 7.17. The van der Waals surface area contributed by atoms with Crippen LogP contribution in [0.15, 0.2) is 0 Å². The van der Waals surface area contributed by atoms with Crippen LogP contribution in [-0.4, -0.2) is 42.8 Å². The SMILES string of the molecule is CCC(CC)CNCC1(C)CCN(C(=O)OC(C)(C)C)CC1. The van der Waals surface area contributed by atoms with Crippen molar-refractivity contribution in [3.05, 3.63) is 0 Å². The van der Waals surface area contributed by atoms with Crippen molar-refractivity contribution >= 4 is 6.09 Å².